The van der Waals surface area contributed by atoms with E-state index in [-0.39, 0.29) is 12.0 Å². The van der Waals surface area contributed by atoms with Crippen LogP contribution in [0.3, 0.4) is 0 Å². The Morgan fingerprint density at radius 3 is 2.36 bits per heavy atom. The van der Waals surface area contributed by atoms with E-state index >= 15 is 0 Å². The second-order valence-electron chi connectivity index (χ2n) is 4.27. The van der Waals surface area contributed by atoms with Crippen LogP contribution in [0.1, 0.15) is 0 Å². The summed E-state index contributed by atoms with van der Waals surface area (Å²) in [5, 5.41) is 0. The van der Waals surface area contributed by atoms with Crippen LogP contribution in [0.4, 0.5) is 0 Å². The summed E-state index contributed by atoms with van der Waals surface area (Å²) < 4.78 is 24.0. The quantitative estimate of drug-likeness (QED) is 0.648. The van der Waals surface area contributed by atoms with Crippen LogP contribution in [0.2, 0.25) is 0 Å². The van der Waals surface area contributed by atoms with Crippen LogP contribution < -0.4 is 5.73 Å². The molecule has 1 saturated heterocycles. The molecule has 1 heterocycles. The maximum Gasteiger partial charge on any atom is 0.211 e. The van der Waals surface area contributed by atoms with Gasteiger partial charge in [0.2, 0.25) is 10.0 Å². The summed E-state index contributed by atoms with van der Waals surface area (Å²) in [5.74, 6) is 0.250. The van der Waals surface area contributed by atoms with Gasteiger partial charge < -0.3 is 10.6 Å². The highest BCUT2D eigenvalue weighted by atomic mass is 32.2. The van der Waals surface area contributed by atoms with E-state index in [1.165, 1.54) is 10.6 Å². The van der Waals surface area contributed by atoms with Crippen LogP contribution in [-0.2, 0) is 10.0 Å². The second kappa shape index (κ2) is 4.14. The third kappa shape index (κ3) is 2.91. The van der Waals surface area contributed by atoms with E-state index in [2.05, 4.69) is 0 Å². The van der Waals surface area contributed by atoms with E-state index in [1.807, 2.05) is 19.0 Å². The molecule has 1 aliphatic heterocycles. The lowest BCUT2D eigenvalue weighted by molar-refractivity contribution is 0.317. The summed E-state index contributed by atoms with van der Waals surface area (Å²) in [7, 11) is 0.867. The van der Waals surface area contributed by atoms with Crippen LogP contribution in [0.5, 0.6) is 0 Å². The van der Waals surface area contributed by atoms with Gasteiger partial charge in [0.05, 0.1) is 6.26 Å². The van der Waals surface area contributed by atoms with Gasteiger partial charge in [0.1, 0.15) is 0 Å². The molecule has 0 aromatic rings. The Morgan fingerprint density at radius 2 is 2.00 bits per heavy atom. The van der Waals surface area contributed by atoms with Gasteiger partial charge in [-0.15, -0.1) is 0 Å². The molecular formula is C8H19N3O2S. The Labute approximate surface area is 85.9 Å². The van der Waals surface area contributed by atoms with Crippen molar-refractivity contribution in [3.8, 4) is 0 Å². The average molecular weight is 221 g/mol. The minimum Gasteiger partial charge on any atom is -0.326 e. The molecule has 2 unspecified atom stereocenters. The summed E-state index contributed by atoms with van der Waals surface area (Å²) in [4.78, 5) is 2.04. The van der Waals surface area contributed by atoms with Crippen LogP contribution in [0.25, 0.3) is 0 Å². The van der Waals surface area contributed by atoms with Gasteiger partial charge in [-0.25, -0.2) is 12.7 Å². The van der Waals surface area contributed by atoms with Crippen LogP contribution >= 0.6 is 0 Å². The smallest absolute Gasteiger partial charge is 0.211 e. The van der Waals surface area contributed by atoms with Gasteiger partial charge in [0.15, 0.2) is 0 Å². The normalized spacial score (nSPS) is 30.1. The molecule has 0 bridgehead atoms. The third-order valence-corrected chi connectivity index (χ3v) is 3.76. The molecule has 1 rings (SSSR count). The lowest BCUT2D eigenvalue weighted by Crippen LogP contribution is -2.35. The molecule has 14 heavy (non-hydrogen) atoms. The topological polar surface area (TPSA) is 66.6 Å². The SMILES string of the molecule is CN(C)CC1CN(S(C)(=O)=O)CC1N. The van der Waals surface area contributed by atoms with E-state index < -0.39 is 10.0 Å². The molecule has 0 aromatic heterocycles. The molecule has 0 radical (unpaired) electrons. The van der Waals surface area contributed by atoms with Gasteiger partial charge in [0, 0.05) is 31.6 Å². The lowest BCUT2D eigenvalue weighted by atomic mass is 10.0. The highest BCUT2D eigenvalue weighted by Crippen LogP contribution is 2.18. The number of nitrogens with zero attached hydrogens (tertiary/aromatic N) is 2. The minimum atomic E-state index is -3.07. The van der Waals surface area contributed by atoms with Gasteiger partial charge >= 0.3 is 0 Å². The summed E-state index contributed by atoms with van der Waals surface area (Å²) in [5.41, 5.74) is 5.88. The number of nitrogens with two attached hydrogens (primary N) is 1. The second-order valence-corrected chi connectivity index (χ2v) is 6.25. The molecule has 1 aliphatic rings. The third-order valence-electron chi connectivity index (χ3n) is 2.53. The lowest BCUT2D eigenvalue weighted by Gasteiger charge is -2.18. The van der Waals surface area contributed by atoms with Crippen molar-refractivity contribution >= 4 is 10.0 Å². The van der Waals surface area contributed by atoms with Crippen molar-refractivity contribution < 1.29 is 8.42 Å². The Bertz CT molecular complexity index is 289. The van der Waals surface area contributed by atoms with Crippen molar-refractivity contribution in [1.82, 2.24) is 9.21 Å². The Hall–Kier alpha value is -0.170. The molecule has 0 aromatic carbocycles. The highest BCUT2D eigenvalue weighted by Gasteiger charge is 2.34. The molecule has 5 nitrogen and oxygen atoms in total. The fourth-order valence-corrected chi connectivity index (χ4v) is 2.69. The van der Waals surface area contributed by atoms with Crippen LogP contribution in [-0.4, -0.2) is 63.7 Å². The van der Waals surface area contributed by atoms with E-state index in [4.69, 9.17) is 5.73 Å². The maximum absolute atomic E-state index is 11.3. The Morgan fingerprint density at radius 1 is 1.43 bits per heavy atom. The zero-order valence-corrected chi connectivity index (χ0v) is 9.79. The molecule has 0 saturated carbocycles. The van der Waals surface area contributed by atoms with Crippen LogP contribution in [0, 0.1) is 5.92 Å². The summed E-state index contributed by atoms with van der Waals surface area (Å²) in [6.07, 6.45) is 1.23. The van der Waals surface area contributed by atoms with Crippen molar-refractivity contribution in [2.24, 2.45) is 11.7 Å². The van der Waals surface area contributed by atoms with E-state index in [0.717, 1.165) is 6.54 Å². The van der Waals surface area contributed by atoms with Crippen molar-refractivity contribution in [2.75, 3.05) is 40.0 Å². The van der Waals surface area contributed by atoms with E-state index in [0.29, 0.717) is 13.1 Å². The predicted octanol–water partition coefficient (Wildman–Crippen LogP) is -1.23. The number of sulfonamides is 1. The Balaban J connectivity index is 2.60. The summed E-state index contributed by atoms with van der Waals surface area (Å²) in [6.45, 7) is 1.85. The first kappa shape index (κ1) is 11.9. The molecule has 6 heteroatoms. The first-order chi connectivity index (χ1) is 6.30. The molecule has 0 spiro atoms. The van der Waals surface area contributed by atoms with Gasteiger partial charge in [-0.05, 0) is 14.1 Å². The first-order valence-corrected chi connectivity index (χ1v) is 6.51. The zero-order chi connectivity index (χ0) is 10.9. The summed E-state index contributed by atoms with van der Waals surface area (Å²) in [6, 6.07) is -0.0351. The maximum atomic E-state index is 11.3. The summed E-state index contributed by atoms with van der Waals surface area (Å²) >= 11 is 0. The minimum absolute atomic E-state index is 0.0351. The molecule has 84 valence electrons. The molecule has 1 fully saturated rings. The predicted molar refractivity (Wildman–Crippen MR) is 56.4 cm³/mol. The van der Waals surface area contributed by atoms with Gasteiger partial charge in [-0.1, -0.05) is 0 Å². The molecule has 0 amide bonds. The van der Waals surface area contributed by atoms with Crippen molar-refractivity contribution in [3.05, 3.63) is 0 Å². The zero-order valence-electron chi connectivity index (χ0n) is 8.97. The molecule has 2 N–H and O–H groups in total. The largest absolute Gasteiger partial charge is 0.326 e. The fourth-order valence-electron chi connectivity index (χ4n) is 1.79. The van der Waals surface area contributed by atoms with Gasteiger partial charge in [-0.3, -0.25) is 0 Å². The van der Waals surface area contributed by atoms with E-state index in [9.17, 15) is 8.42 Å². The van der Waals surface area contributed by atoms with E-state index in [1.54, 1.807) is 0 Å². The average Bonchev–Trinajstić information content (AvgIpc) is 2.30. The molecule has 2 atom stereocenters. The van der Waals surface area contributed by atoms with Crippen molar-refractivity contribution in [2.45, 2.75) is 6.04 Å². The fraction of sp³-hybridized carbons (Fsp3) is 1.00. The number of hydrogen-bond donors (Lipinski definition) is 1. The first-order valence-electron chi connectivity index (χ1n) is 4.66. The van der Waals surface area contributed by atoms with Crippen LogP contribution in [0.15, 0.2) is 0 Å². The van der Waals surface area contributed by atoms with Crippen molar-refractivity contribution in [1.29, 1.82) is 0 Å². The molecular weight excluding hydrogens is 202 g/mol. The van der Waals surface area contributed by atoms with Gasteiger partial charge in [-0.2, -0.15) is 0 Å². The number of hydrogen-bond acceptors (Lipinski definition) is 4. The highest BCUT2D eigenvalue weighted by molar-refractivity contribution is 7.88. The monoisotopic (exact) mass is 221 g/mol. The Kier molecular flexibility index (Phi) is 3.52. The van der Waals surface area contributed by atoms with Crippen molar-refractivity contribution in [3.63, 3.8) is 0 Å². The van der Waals surface area contributed by atoms with Gasteiger partial charge in [0.25, 0.3) is 0 Å². The number of rotatable bonds is 3. The molecule has 0 aliphatic carbocycles. The standard InChI is InChI=1S/C8H19N3O2S/c1-10(2)4-7-5-11(6-8(7)9)14(3,12)13/h7-8H,4-6,9H2,1-3H3.